The van der Waals surface area contributed by atoms with Crippen molar-refractivity contribution in [3.63, 3.8) is 0 Å². The first-order chi connectivity index (χ1) is 9.28. The summed E-state index contributed by atoms with van der Waals surface area (Å²) in [4.78, 5) is 4.57. The van der Waals surface area contributed by atoms with Crippen LogP contribution in [0, 0.1) is 5.82 Å². The van der Waals surface area contributed by atoms with Gasteiger partial charge >= 0.3 is 0 Å². The van der Waals surface area contributed by atoms with E-state index in [0.29, 0.717) is 6.04 Å². The minimum atomic E-state index is -0.219. The Morgan fingerprint density at radius 1 is 1.37 bits per heavy atom. The van der Waals surface area contributed by atoms with Crippen molar-refractivity contribution in [1.29, 1.82) is 0 Å². The fourth-order valence-corrected chi connectivity index (χ4v) is 3.01. The van der Waals surface area contributed by atoms with Crippen LogP contribution in [0.15, 0.2) is 18.2 Å². The Balaban J connectivity index is 1.84. The highest BCUT2D eigenvalue weighted by Crippen LogP contribution is 2.20. The molecule has 2 aromatic rings. The van der Waals surface area contributed by atoms with Crippen LogP contribution in [0.2, 0.25) is 0 Å². The molecule has 1 aliphatic rings. The normalized spacial score (nSPS) is 16.5. The number of aryl methyl sites for hydroxylation is 1. The molecule has 102 valence electrons. The Hall–Kier alpha value is -1.42. The van der Waals surface area contributed by atoms with Gasteiger partial charge in [-0.1, -0.05) is 12.8 Å². The number of hydrogen-bond acceptors (Lipinski definition) is 2. The molecule has 3 nitrogen and oxygen atoms in total. The maximum Gasteiger partial charge on any atom is 0.125 e. The molecule has 19 heavy (non-hydrogen) atoms. The van der Waals surface area contributed by atoms with E-state index in [1.165, 1.54) is 37.8 Å². The molecule has 0 radical (unpaired) electrons. The molecule has 0 spiro atoms. The van der Waals surface area contributed by atoms with E-state index in [-0.39, 0.29) is 5.82 Å². The first-order valence-electron chi connectivity index (χ1n) is 7.16. The van der Waals surface area contributed by atoms with E-state index in [4.69, 9.17) is 0 Å². The van der Waals surface area contributed by atoms with E-state index >= 15 is 0 Å². The van der Waals surface area contributed by atoms with Crippen LogP contribution in [-0.2, 0) is 13.1 Å². The number of aromatic nitrogens is 2. The van der Waals surface area contributed by atoms with Gasteiger partial charge in [0.15, 0.2) is 0 Å². The zero-order valence-electron chi connectivity index (χ0n) is 11.3. The van der Waals surface area contributed by atoms with Crippen molar-refractivity contribution >= 4 is 11.0 Å². The lowest BCUT2D eigenvalue weighted by atomic mass is 10.2. The summed E-state index contributed by atoms with van der Waals surface area (Å²) in [5.74, 6) is 0.790. The predicted octanol–water partition coefficient (Wildman–Crippen LogP) is 3.23. The number of halogens is 1. The molecular formula is C15H20FN3. The molecule has 0 bridgehead atoms. The van der Waals surface area contributed by atoms with Crippen molar-refractivity contribution in [1.82, 2.24) is 14.9 Å². The van der Waals surface area contributed by atoms with Gasteiger partial charge in [0.25, 0.3) is 0 Å². The van der Waals surface area contributed by atoms with Crippen molar-refractivity contribution in [2.45, 2.75) is 51.7 Å². The largest absolute Gasteiger partial charge is 0.327 e. The van der Waals surface area contributed by atoms with E-state index in [2.05, 4.69) is 21.8 Å². The van der Waals surface area contributed by atoms with Gasteiger partial charge in [0, 0.05) is 18.7 Å². The SMILES string of the molecule is CCn1c(CNC2CCCC2)nc2cc(F)ccc21. The Bertz CT molecular complexity index is 570. The van der Waals surface area contributed by atoms with E-state index in [1.807, 2.05) is 6.07 Å². The van der Waals surface area contributed by atoms with Crippen molar-refractivity contribution in [3.8, 4) is 0 Å². The van der Waals surface area contributed by atoms with Gasteiger partial charge in [0.2, 0.25) is 0 Å². The third kappa shape index (κ3) is 2.50. The molecule has 1 aliphatic carbocycles. The van der Waals surface area contributed by atoms with Crippen molar-refractivity contribution < 1.29 is 4.39 Å². The average molecular weight is 261 g/mol. The summed E-state index contributed by atoms with van der Waals surface area (Å²) in [6.07, 6.45) is 5.18. The molecule has 1 fully saturated rings. The van der Waals surface area contributed by atoms with E-state index < -0.39 is 0 Å². The first kappa shape index (κ1) is 12.6. The standard InChI is InChI=1S/C15H20FN3/c1-2-19-14-8-7-11(16)9-13(14)18-15(19)10-17-12-5-3-4-6-12/h7-9,12,17H,2-6,10H2,1H3. The Kier molecular flexibility index (Phi) is 3.51. The van der Waals surface area contributed by atoms with Crippen molar-refractivity contribution in [2.24, 2.45) is 0 Å². The second kappa shape index (κ2) is 5.29. The summed E-state index contributed by atoms with van der Waals surface area (Å²) in [5, 5.41) is 3.57. The highest BCUT2D eigenvalue weighted by Gasteiger charge is 2.16. The molecule has 0 aliphatic heterocycles. The molecule has 1 N–H and O–H groups in total. The Morgan fingerprint density at radius 3 is 2.89 bits per heavy atom. The maximum absolute atomic E-state index is 13.2. The van der Waals surface area contributed by atoms with Crippen molar-refractivity contribution in [3.05, 3.63) is 29.8 Å². The van der Waals surface area contributed by atoms with Crippen LogP contribution in [0.25, 0.3) is 11.0 Å². The van der Waals surface area contributed by atoms with Gasteiger partial charge in [-0.15, -0.1) is 0 Å². The van der Waals surface area contributed by atoms with E-state index in [1.54, 1.807) is 0 Å². The first-order valence-corrected chi connectivity index (χ1v) is 7.16. The molecule has 1 saturated carbocycles. The summed E-state index contributed by atoms with van der Waals surface area (Å²) >= 11 is 0. The quantitative estimate of drug-likeness (QED) is 0.915. The van der Waals surface area contributed by atoms with Gasteiger partial charge < -0.3 is 9.88 Å². The Morgan fingerprint density at radius 2 is 2.16 bits per heavy atom. The maximum atomic E-state index is 13.2. The lowest BCUT2D eigenvalue weighted by Gasteiger charge is -2.12. The monoisotopic (exact) mass is 261 g/mol. The van der Waals surface area contributed by atoms with E-state index in [0.717, 1.165) is 29.9 Å². The van der Waals surface area contributed by atoms with Gasteiger partial charge in [-0.05, 0) is 31.9 Å². The summed E-state index contributed by atoms with van der Waals surface area (Å²) in [5.41, 5.74) is 1.78. The van der Waals surface area contributed by atoms with Gasteiger partial charge in [0.05, 0.1) is 17.6 Å². The molecular weight excluding hydrogens is 241 g/mol. The molecule has 0 amide bonds. The third-order valence-corrected chi connectivity index (χ3v) is 4.01. The molecule has 1 aromatic carbocycles. The number of fused-ring (bicyclic) bond motifs is 1. The van der Waals surface area contributed by atoms with Crippen molar-refractivity contribution in [2.75, 3.05) is 0 Å². The topological polar surface area (TPSA) is 29.9 Å². The van der Waals surface area contributed by atoms with Crippen LogP contribution < -0.4 is 5.32 Å². The fourth-order valence-electron chi connectivity index (χ4n) is 3.01. The lowest BCUT2D eigenvalue weighted by Crippen LogP contribution is -2.26. The van der Waals surface area contributed by atoms with Crippen LogP contribution >= 0.6 is 0 Å². The van der Waals surface area contributed by atoms with Gasteiger partial charge in [-0.25, -0.2) is 9.37 Å². The second-order valence-corrected chi connectivity index (χ2v) is 5.27. The van der Waals surface area contributed by atoms with Crippen LogP contribution in [-0.4, -0.2) is 15.6 Å². The smallest absolute Gasteiger partial charge is 0.125 e. The van der Waals surface area contributed by atoms with Crippen LogP contribution in [0.3, 0.4) is 0 Å². The van der Waals surface area contributed by atoms with Crippen LogP contribution in [0.1, 0.15) is 38.4 Å². The second-order valence-electron chi connectivity index (χ2n) is 5.27. The zero-order valence-corrected chi connectivity index (χ0v) is 11.3. The molecule has 0 atom stereocenters. The lowest BCUT2D eigenvalue weighted by molar-refractivity contribution is 0.504. The summed E-state index contributed by atoms with van der Waals surface area (Å²) in [6, 6.07) is 5.47. The van der Waals surface area contributed by atoms with Crippen LogP contribution in [0.5, 0.6) is 0 Å². The van der Waals surface area contributed by atoms with E-state index in [9.17, 15) is 4.39 Å². The minimum Gasteiger partial charge on any atom is -0.327 e. The Labute approximate surface area is 112 Å². The average Bonchev–Trinajstić information content (AvgIpc) is 3.02. The molecule has 4 heteroatoms. The van der Waals surface area contributed by atoms with Gasteiger partial charge in [-0.3, -0.25) is 0 Å². The molecule has 3 rings (SSSR count). The number of nitrogens with one attached hydrogen (secondary N) is 1. The van der Waals surface area contributed by atoms with Gasteiger partial charge in [0.1, 0.15) is 11.6 Å². The number of nitrogens with zero attached hydrogens (tertiary/aromatic N) is 2. The van der Waals surface area contributed by atoms with Gasteiger partial charge in [-0.2, -0.15) is 0 Å². The highest BCUT2D eigenvalue weighted by molar-refractivity contribution is 5.76. The highest BCUT2D eigenvalue weighted by atomic mass is 19.1. The molecule has 0 unspecified atom stereocenters. The summed E-state index contributed by atoms with van der Waals surface area (Å²) < 4.78 is 15.4. The number of hydrogen-bond donors (Lipinski definition) is 1. The fraction of sp³-hybridized carbons (Fsp3) is 0.533. The number of benzene rings is 1. The minimum absolute atomic E-state index is 0.219. The summed E-state index contributed by atoms with van der Waals surface area (Å²) in [6.45, 7) is 3.74. The third-order valence-electron chi connectivity index (χ3n) is 4.01. The molecule has 1 aromatic heterocycles. The molecule has 0 saturated heterocycles. The summed E-state index contributed by atoms with van der Waals surface area (Å²) in [7, 11) is 0. The van der Waals surface area contributed by atoms with Crippen LogP contribution in [0.4, 0.5) is 4.39 Å². The molecule has 1 heterocycles. The predicted molar refractivity (Wildman–Crippen MR) is 74.5 cm³/mol. The number of rotatable bonds is 4. The number of imidazole rings is 1. The zero-order chi connectivity index (χ0) is 13.2.